The van der Waals surface area contributed by atoms with E-state index >= 15 is 0 Å². The van der Waals surface area contributed by atoms with Gasteiger partial charge in [-0.25, -0.2) is 0 Å². The Morgan fingerprint density at radius 1 is 0.581 bits per heavy atom. The summed E-state index contributed by atoms with van der Waals surface area (Å²) in [5, 5.41) is 6.06. The van der Waals surface area contributed by atoms with Crippen LogP contribution >= 0.6 is 0 Å². The third-order valence-electron chi connectivity index (χ3n) is 11.5. The minimum atomic E-state index is -0.326. The molecule has 14 nitrogen and oxygen atoms in total. The third kappa shape index (κ3) is 18.2. The Balaban J connectivity index is 1.66. The predicted octanol–water partition coefficient (Wildman–Crippen LogP) is 6.66. The zero-order chi connectivity index (χ0) is 45.3. The van der Waals surface area contributed by atoms with E-state index in [1.165, 1.54) is 20.3 Å². The Morgan fingerprint density at radius 2 is 1.08 bits per heavy atom. The van der Waals surface area contributed by atoms with Gasteiger partial charge in [0.25, 0.3) is 11.8 Å². The van der Waals surface area contributed by atoms with E-state index in [-0.39, 0.29) is 40.5 Å². The van der Waals surface area contributed by atoms with Crippen molar-refractivity contribution in [3.8, 4) is 23.0 Å². The second-order valence-corrected chi connectivity index (χ2v) is 17.1. The number of hydrogen-bond acceptors (Lipinski definition) is 12. The second-order valence-electron chi connectivity index (χ2n) is 17.1. The number of methoxy groups -OCH3 is 2. The molecule has 0 bridgehead atoms. The molecule has 0 radical (unpaired) electrons. The number of Topliss-reactive ketones (excluding diaryl/α,β-unsaturated/α-hetero) is 2. The molecule has 0 aliphatic heterocycles. The minimum absolute atomic E-state index is 0.0220. The summed E-state index contributed by atoms with van der Waals surface area (Å²) < 4.78 is 23.5. The molecular weight excluding hydrogens is 789 g/mol. The fourth-order valence-corrected chi connectivity index (χ4v) is 7.76. The zero-order valence-corrected chi connectivity index (χ0v) is 38.7. The molecule has 0 spiro atoms. The van der Waals surface area contributed by atoms with Crippen LogP contribution in [0.4, 0.5) is 0 Å². The molecule has 62 heavy (non-hydrogen) atoms. The normalized spacial score (nSPS) is 15.1. The van der Waals surface area contributed by atoms with Crippen molar-refractivity contribution in [1.82, 2.24) is 20.4 Å². The number of carbonyl (C=O) groups excluding carboxylic acids is 4. The largest absolute Gasteiger partial charge is 0.496 e. The van der Waals surface area contributed by atoms with Crippen molar-refractivity contribution in [3.63, 3.8) is 0 Å². The number of nitrogens with zero attached hydrogens (tertiary/aromatic N) is 2. The number of rotatable bonds is 32. The van der Waals surface area contributed by atoms with Crippen molar-refractivity contribution in [2.24, 2.45) is 17.4 Å². The maximum absolute atomic E-state index is 14.0. The van der Waals surface area contributed by atoms with Crippen molar-refractivity contribution < 1.29 is 38.1 Å². The summed E-state index contributed by atoms with van der Waals surface area (Å²) in [7, 11) is 10.9. The molecule has 1 aliphatic carbocycles. The average molecular weight is 867 g/mol. The van der Waals surface area contributed by atoms with Gasteiger partial charge in [0.2, 0.25) is 0 Å². The highest BCUT2D eigenvalue weighted by atomic mass is 16.5. The van der Waals surface area contributed by atoms with Gasteiger partial charge in [-0.3, -0.25) is 19.2 Å². The third-order valence-corrected chi connectivity index (χ3v) is 11.5. The van der Waals surface area contributed by atoms with Gasteiger partial charge in [0.15, 0.2) is 11.6 Å². The molecule has 0 saturated heterocycles. The minimum Gasteiger partial charge on any atom is -0.496 e. The fraction of sp³-hybridized carbons (Fsp3) is 0.667. The van der Waals surface area contributed by atoms with Gasteiger partial charge >= 0.3 is 0 Å². The maximum atomic E-state index is 14.0. The molecule has 0 aromatic heterocycles. The second kappa shape index (κ2) is 29.2. The molecule has 6 N–H and O–H groups in total. The lowest BCUT2D eigenvalue weighted by Gasteiger charge is -2.29. The highest BCUT2D eigenvalue weighted by molar-refractivity contribution is 6.05. The Labute approximate surface area is 371 Å². The fourth-order valence-electron chi connectivity index (χ4n) is 7.76. The zero-order valence-electron chi connectivity index (χ0n) is 38.7. The summed E-state index contributed by atoms with van der Waals surface area (Å²) in [5.41, 5.74) is 12.8. The monoisotopic (exact) mass is 867 g/mol. The number of hydrogen-bond donors (Lipinski definition) is 4. The summed E-state index contributed by atoms with van der Waals surface area (Å²) in [6.07, 6.45) is 13.8. The summed E-state index contributed by atoms with van der Waals surface area (Å²) in [6.45, 7) is 4.22. The molecule has 0 atom stereocenters. The number of carbonyl (C=O) groups is 4. The van der Waals surface area contributed by atoms with Crippen molar-refractivity contribution in [2.45, 2.75) is 115 Å². The number of amides is 2. The number of ketones is 2. The molecule has 1 aliphatic rings. The van der Waals surface area contributed by atoms with Gasteiger partial charge in [-0.1, -0.05) is 12.8 Å². The van der Waals surface area contributed by atoms with Crippen LogP contribution in [-0.2, 0) is 0 Å². The number of nitrogens with one attached hydrogen (secondary N) is 2. The number of ether oxygens (including phenoxy) is 4. The van der Waals surface area contributed by atoms with Crippen LogP contribution < -0.4 is 41.0 Å². The predicted molar refractivity (Wildman–Crippen MR) is 246 cm³/mol. The van der Waals surface area contributed by atoms with Crippen molar-refractivity contribution in [3.05, 3.63) is 46.5 Å². The van der Waals surface area contributed by atoms with Crippen molar-refractivity contribution >= 4 is 23.4 Å². The number of nitrogens with two attached hydrogens (primary N) is 2. The number of likely N-dealkylation sites (N-methyl/N-ethyl adjacent to an activating group) is 1. The molecule has 3 rings (SSSR count). The first-order chi connectivity index (χ1) is 29.9. The van der Waals surface area contributed by atoms with Gasteiger partial charge in [0.05, 0.1) is 49.7 Å². The van der Waals surface area contributed by atoms with Crippen LogP contribution in [0, 0.1) is 5.92 Å². The van der Waals surface area contributed by atoms with Crippen LogP contribution in [0.2, 0.25) is 0 Å². The van der Waals surface area contributed by atoms with E-state index in [4.69, 9.17) is 30.4 Å². The molecule has 14 heteroatoms. The number of benzene rings is 2. The van der Waals surface area contributed by atoms with E-state index < -0.39 is 0 Å². The lowest BCUT2D eigenvalue weighted by molar-refractivity contribution is 0.0911. The van der Waals surface area contributed by atoms with Crippen LogP contribution in [0.15, 0.2) is 24.3 Å². The summed E-state index contributed by atoms with van der Waals surface area (Å²) in [6, 6.07) is 6.57. The molecule has 1 fully saturated rings. The molecule has 2 aromatic carbocycles. The summed E-state index contributed by atoms with van der Waals surface area (Å²) in [4.78, 5) is 58.5. The van der Waals surface area contributed by atoms with Gasteiger partial charge in [-0.2, -0.15) is 0 Å². The van der Waals surface area contributed by atoms with Gasteiger partial charge in [-0.05, 0) is 149 Å². The smallest absolute Gasteiger partial charge is 0.255 e. The standard InChI is InChI=1S/C48H78N6O8/c1-53(2)27-13-7-10-18-41(55)37-31-38(46(62-30-15-9-12-25-50)34-45(37)61-29-14-8-11-24-49)42(56)19-16-17-35-20-22-36(23-21-35)52-48(58)40-32-39(43(59-5)33-44(40)60-6)47(57)51-26-28-54(3)4/h31-36H,7-30,49-50H2,1-6H3,(H,51,57)(H,52,58). The lowest BCUT2D eigenvalue weighted by atomic mass is 9.82. The van der Waals surface area contributed by atoms with Crippen LogP contribution in [0.25, 0.3) is 0 Å². The average Bonchev–Trinajstić information content (AvgIpc) is 3.25. The van der Waals surface area contributed by atoms with Crippen LogP contribution in [0.3, 0.4) is 0 Å². The Bertz CT molecular complexity index is 1680. The van der Waals surface area contributed by atoms with E-state index in [0.29, 0.717) is 98.7 Å². The van der Waals surface area contributed by atoms with Crippen LogP contribution in [0.1, 0.15) is 151 Å². The molecule has 1 saturated carbocycles. The lowest BCUT2D eigenvalue weighted by Crippen LogP contribution is -2.38. The van der Waals surface area contributed by atoms with E-state index in [9.17, 15) is 19.2 Å². The van der Waals surface area contributed by atoms with Gasteiger partial charge in [0.1, 0.15) is 23.0 Å². The molecule has 0 heterocycles. The van der Waals surface area contributed by atoms with Gasteiger partial charge in [0, 0.05) is 44.1 Å². The maximum Gasteiger partial charge on any atom is 0.255 e. The van der Waals surface area contributed by atoms with Crippen molar-refractivity contribution in [1.29, 1.82) is 0 Å². The van der Waals surface area contributed by atoms with Crippen molar-refractivity contribution in [2.75, 3.05) is 88.3 Å². The SMILES string of the molecule is COc1cc(OC)c(C(=O)NC2CCC(CCCC(=O)c3cc(C(=O)CCCCCN(C)C)c(OCCCCCN)cc3OCCCCCN)CC2)cc1C(=O)NCCN(C)C. The topological polar surface area (TPSA) is 188 Å². The van der Waals surface area contributed by atoms with E-state index in [2.05, 4.69) is 15.5 Å². The highest BCUT2D eigenvalue weighted by Gasteiger charge is 2.27. The van der Waals surface area contributed by atoms with E-state index in [1.54, 1.807) is 18.2 Å². The number of unbranched alkanes of at least 4 members (excludes halogenated alkanes) is 6. The molecular formula is C48H78N6O8. The van der Waals surface area contributed by atoms with E-state index in [0.717, 1.165) is 96.4 Å². The first-order valence-electron chi connectivity index (χ1n) is 23.0. The Hall–Kier alpha value is -4.24. The molecule has 2 aromatic rings. The Morgan fingerprint density at radius 3 is 1.61 bits per heavy atom. The summed E-state index contributed by atoms with van der Waals surface area (Å²) in [5.74, 6) is 1.31. The van der Waals surface area contributed by atoms with Crippen LogP contribution in [-0.4, -0.2) is 128 Å². The van der Waals surface area contributed by atoms with Gasteiger partial charge in [-0.15, -0.1) is 0 Å². The van der Waals surface area contributed by atoms with Crippen LogP contribution in [0.5, 0.6) is 23.0 Å². The molecule has 0 unspecified atom stereocenters. The highest BCUT2D eigenvalue weighted by Crippen LogP contribution is 2.35. The first-order valence-corrected chi connectivity index (χ1v) is 23.0. The quantitative estimate of drug-likeness (QED) is 0.0453. The molecule has 348 valence electrons. The summed E-state index contributed by atoms with van der Waals surface area (Å²) >= 11 is 0. The van der Waals surface area contributed by atoms with E-state index in [1.807, 2.05) is 33.1 Å². The Kier molecular flexibility index (Phi) is 24.5. The van der Waals surface area contributed by atoms with Gasteiger partial charge < -0.3 is 50.8 Å². The first kappa shape index (κ1) is 52.1. The molecule has 2 amide bonds.